The van der Waals surface area contributed by atoms with Crippen LogP contribution in [-0.2, 0) is 34.8 Å². The van der Waals surface area contributed by atoms with Crippen molar-refractivity contribution >= 4 is 26.2 Å². The van der Waals surface area contributed by atoms with E-state index in [0.717, 1.165) is 0 Å². The van der Waals surface area contributed by atoms with Gasteiger partial charge in [0.2, 0.25) is 0 Å². The Morgan fingerprint density at radius 1 is 1.06 bits per heavy atom. The quantitative estimate of drug-likeness (QED) is 0.164. The molecule has 7 nitrogen and oxygen atoms in total. The van der Waals surface area contributed by atoms with Crippen molar-refractivity contribution in [3.8, 4) is 0 Å². The van der Waals surface area contributed by atoms with Gasteiger partial charge in [0.25, 0.3) is 0 Å². The van der Waals surface area contributed by atoms with Crippen LogP contribution < -0.4 is 59.1 Å². The maximum atomic E-state index is 10.1. The van der Waals surface area contributed by atoms with Gasteiger partial charge in [0.1, 0.15) is 5.60 Å². The van der Waals surface area contributed by atoms with Crippen LogP contribution in [0.25, 0.3) is 0 Å². The first kappa shape index (κ1) is 27.1. The first-order valence-electron chi connectivity index (χ1n) is 3.61. The van der Waals surface area contributed by atoms with Gasteiger partial charge in [-0.3, -0.25) is 13.3 Å². The number of carbonyl (C=O) groups excluding carboxylic acids is 1. The molecule has 0 heterocycles. The molecule has 2 unspecified atom stereocenters. The maximum absolute atomic E-state index is 10.1. The zero-order valence-electron chi connectivity index (χ0n) is 10.7. The van der Waals surface area contributed by atoms with Gasteiger partial charge < -0.3 is 9.11 Å². The summed E-state index contributed by atoms with van der Waals surface area (Å²) in [6, 6.07) is 0. The Morgan fingerprint density at radius 2 is 1.35 bits per heavy atom. The summed E-state index contributed by atoms with van der Waals surface area (Å²) in [5.41, 5.74) is -0.411. The van der Waals surface area contributed by atoms with E-state index in [4.69, 9.17) is 17.5 Å². The Kier molecular flexibility index (Phi) is 22.4. The van der Waals surface area contributed by atoms with Crippen LogP contribution in [0.5, 0.6) is 0 Å². The second-order valence-electron chi connectivity index (χ2n) is 3.18. The monoisotopic (exact) mass is 306 g/mol. The molecule has 0 bridgehead atoms. The van der Waals surface area contributed by atoms with E-state index in [-0.39, 0.29) is 59.1 Å². The van der Waals surface area contributed by atoms with E-state index >= 15 is 0 Å². The zero-order chi connectivity index (χ0) is 12.6. The standard InChI is InChI=1S/C6H12O3.2Na.H2O4S2/c1-5(7)8-9-6(2,3)4;;;1-5(2)6(3)4/h1-4H3;;;(H,1,2)(H,3,4)/q;2*+1;/p-2. The smallest absolute Gasteiger partial charge is 0.763 e. The first-order valence-corrected chi connectivity index (χ1v) is 6.28. The second kappa shape index (κ2) is 14.1. The fraction of sp³-hybridized carbons (Fsp3) is 0.833. The van der Waals surface area contributed by atoms with E-state index in [2.05, 4.69) is 9.78 Å². The van der Waals surface area contributed by atoms with Gasteiger partial charge in [0.05, 0.1) is 0 Å². The predicted octanol–water partition coefficient (Wildman–Crippen LogP) is -6.05. The van der Waals surface area contributed by atoms with E-state index in [1.165, 1.54) is 6.92 Å². The largest absolute Gasteiger partial charge is 1.00 e. The molecule has 0 spiro atoms. The van der Waals surface area contributed by atoms with Gasteiger partial charge in [-0.05, 0) is 20.8 Å². The zero-order valence-corrected chi connectivity index (χ0v) is 16.3. The molecule has 0 saturated carbocycles. The second-order valence-corrected chi connectivity index (χ2v) is 5.63. The van der Waals surface area contributed by atoms with Crippen LogP contribution in [0.3, 0.4) is 0 Å². The molecule has 0 amide bonds. The molecule has 0 saturated heterocycles. The van der Waals surface area contributed by atoms with Crippen molar-refractivity contribution in [2.24, 2.45) is 0 Å². The average molecular weight is 306 g/mol. The Morgan fingerprint density at radius 3 is 1.41 bits per heavy atom. The molecule has 0 N–H and O–H groups in total. The van der Waals surface area contributed by atoms with Crippen LogP contribution in [0.15, 0.2) is 0 Å². The van der Waals surface area contributed by atoms with Gasteiger partial charge in [0.15, 0.2) is 0 Å². The van der Waals surface area contributed by atoms with Crippen LogP contribution in [-0.4, -0.2) is 29.1 Å². The SMILES string of the molecule is CC(=O)OOC(C)(C)C.O=S([O-])S(=O)[O-].[Na+].[Na+]. The van der Waals surface area contributed by atoms with Gasteiger partial charge in [-0.2, -0.15) is 4.89 Å². The Bertz CT molecular complexity index is 241. The van der Waals surface area contributed by atoms with Crippen LogP contribution >= 0.6 is 0 Å². The van der Waals surface area contributed by atoms with Crippen molar-refractivity contribution in [2.45, 2.75) is 33.3 Å². The van der Waals surface area contributed by atoms with E-state index in [0.29, 0.717) is 0 Å². The van der Waals surface area contributed by atoms with Crippen LogP contribution in [0, 0.1) is 0 Å². The summed E-state index contributed by atoms with van der Waals surface area (Å²) in [6.45, 7) is 6.70. The van der Waals surface area contributed by atoms with Gasteiger partial charge in [-0.25, -0.2) is 4.79 Å². The molecule has 0 aromatic heterocycles. The molecule has 92 valence electrons. The van der Waals surface area contributed by atoms with E-state index in [1.54, 1.807) is 20.8 Å². The van der Waals surface area contributed by atoms with E-state index in [9.17, 15) is 4.79 Å². The summed E-state index contributed by atoms with van der Waals surface area (Å²) in [5, 5.41) is 0. The molecular weight excluding hydrogens is 294 g/mol. The minimum Gasteiger partial charge on any atom is -0.763 e. The fourth-order valence-electron chi connectivity index (χ4n) is 0.184. The van der Waals surface area contributed by atoms with Gasteiger partial charge in [-0.15, -0.1) is 0 Å². The average Bonchev–Trinajstić information content (AvgIpc) is 2.00. The summed E-state index contributed by atoms with van der Waals surface area (Å²) in [6.07, 6.45) is 0. The molecule has 0 rings (SSSR count). The maximum Gasteiger partial charge on any atom is 1.00 e. The topological polar surface area (TPSA) is 116 Å². The third-order valence-electron chi connectivity index (χ3n) is 0.520. The van der Waals surface area contributed by atoms with Crippen molar-refractivity contribution in [3.63, 3.8) is 0 Å². The number of hydrogen-bond acceptors (Lipinski definition) is 7. The summed E-state index contributed by atoms with van der Waals surface area (Å²) >= 11 is 0. The summed E-state index contributed by atoms with van der Waals surface area (Å²) in [4.78, 5) is 19.1. The Labute approximate surface area is 149 Å². The van der Waals surface area contributed by atoms with Crippen LogP contribution in [0.1, 0.15) is 27.7 Å². The fourth-order valence-corrected chi connectivity index (χ4v) is 0.184. The molecule has 0 aliphatic heterocycles. The Balaban J connectivity index is -0.0000000945. The minimum absolute atomic E-state index is 0. The summed E-state index contributed by atoms with van der Waals surface area (Å²) < 4.78 is 36.3. The molecule has 0 aliphatic carbocycles. The predicted molar refractivity (Wildman–Crippen MR) is 50.4 cm³/mol. The molecule has 2 atom stereocenters. The van der Waals surface area contributed by atoms with Crippen molar-refractivity contribution < 1.29 is 91.2 Å². The number of hydrogen-bond donors (Lipinski definition) is 0. The molecule has 0 radical (unpaired) electrons. The molecule has 0 aromatic carbocycles. The van der Waals surface area contributed by atoms with Crippen molar-refractivity contribution in [1.29, 1.82) is 0 Å². The molecule has 11 heteroatoms. The van der Waals surface area contributed by atoms with E-state index < -0.39 is 31.8 Å². The van der Waals surface area contributed by atoms with Gasteiger partial charge >= 0.3 is 65.1 Å². The number of carbonyl (C=O) groups is 1. The molecular formula is C6H12Na2O7S2. The normalized spacial score (nSPS) is 12.8. The Hall–Kier alpha value is 1.65. The third-order valence-corrected chi connectivity index (χ3v) is 1.41. The summed E-state index contributed by atoms with van der Waals surface area (Å²) in [5.74, 6) is -0.426. The van der Waals surface area contributed by atoms with Crippen molar-refractivity contribution in [2.75, 3.05) is 0 Å². The van der Waals surface area contributed by atoms with Crippen LogP contribution in [0.2, 0.25) is 0 Å². The van der Waals surface area contributed by atoms with Crippen LogP contribution in [0.4, 0.5) is 0 Å². The minimum atomic E-state index is -2.95. The summed E-state index contributed by atoms with van der Waals surface area (Å²) in [7, 11) is -5.90. The van der Waals surface area contributed by atoms with Crippen molar-refractivity contribution in [1.82, 2.24) is 0 Å². The first-order chi connectivity index (χ1) is 6.56. The molecule has 0 aliphatic rings. The number of rotatable bonds is 2. The van der Waals surface area contributed by atoms with E-state index in [1.807, 2.05) is 0 Å². The third kappa shape index (κ3) is 31.9. The molecule has 17 heavy (non-hydrogen) atoms. The van der Waals surface area contributed by atoms with Gasteiger partial charge in [-0.1, -0.05) is 0 Å². The van der Waals surface area contributed by atoms with Crippen molar-refractivity contribution in [3.05, 3.63) is 0 Å². The molecule has 0 fully saturated rings. The molecule has 0 aromatic rings. The van der Waals surface area contributed by atoms with Gasteiger partial charge in [0, 0.05) is 27.1 Å².